The summed E-state index contributed by atoms with van der Waals surface area (Å²) in [6, 6.07) is 1.55. The number of nitrogens with one attached hydrogen (secondary N) is 1. The lowest BCUT2D eigenvalue weighted by Crippen LogP contribution is -2.31. The van der Waals surface area contributed by atoms with Gasteiger partial charge in [-0.2, -0.15) is 0 Å². The van der Waals surface area contributed by atoms with E-state index in [1.54, 1.807) is 0 Å². The molecule has 0 saturated carbocycles. The van der Waals surface area contributed by atoms with E-state index in [9.17, 15) is 22.8 Å². The average molecular weight is 374 g/mol. The second-order valence-electron chi connectivity index (χ2n) is 5.37. The summed E-state index contributed by atoms with van der Waals surface area (Å²) in [7, 11) is 1.11. The molecule has 0 saturated heterocycles. The molecule has 2 aliphatic heterocycles. The molecule has 26 heavy (non-hydrogen) atoms. The summed E-state index contributed by atoms with van der Waals surface area (Å²) in [5.74, 6) is -3.44. The van der Waals surface area contributed by atoms with Crippen molar-refractivity contribution in [2.75, 3.05) is 32.1 Å². The number of ether oxygens (including phenoxy) is 3. The van der Waals surface area contributed by atoms with Gasteiger partial charge in [0.15, 0.2) is 17.3 Å². The standard InChI is InChI=1S/C15H13F3N2O6/c1-24-14(23)7-6-20(2-3-21)13(22)12(7)19-9-5-11-10(4-8(9)16)25-15(17,18)26-11/h4-5,19,21H,2-3,6H2,1H3. The molecule has 0 atom stereocenters. The maximum absolute atomic E-state index is 14.2. The van der Waals surface area contributed by atoms with Crippen LogP contribution >= 0.6 is 0 Å². The number of carbonyl (C=O) groups excluding carboxylic acids is 2. The summed E-state index contributed by atoms with van der Waals surface area (Å²) < 4.78 is 53.3. The van der Waals surface area contributed by atoms with Gasteiger partial charge in [-0.15, -0.1) is 8.78 Å². The van der Waals surface area contributed by atoms with Gasteiger partial charge in [-0.3, -0.25) is 4.79 Å². The fourth-order valence-corrected chi connectivity index (χ4v) is 2.55. The van der Waals surface area contributed by atoms with Gasteiger partial charge in [-0.05, 0) is 0 Å². The third-order valence-corrected chi connectivity index (χ3v) is 3.70. The normalized spacial score (nSPS) is 17.7. The molecule has 2 heterocycles. The summed E-state index contributed by atoms with van der Waals surface area (Å²) >= 11 is 0. The average Bonchev–Trinajstić information content (AvgIpc) is 3.04. The second kappa shape index (κ2) is 6.41. The van der Waals surface area contributed by atoms with Crippen molar-refractivity contribution < 1.29 is 42.1 Å². The first-order valence-electron chi connectivity index (χ1n) is 7.33. The minimum Gasteiger partial charge on any atom is -0.466 e. The molecule has 0 aliphatic carbocycles. The number of alkyl halides is 2. The van der Waals surface area contributed by atoms with Gasteiger partial charge in [0.1, 0.15) is 5.70 Å². The van der Waals surface area contributed by atoms with Crippen molar-refractivity contribution in [2.45, 2.75) is 6.29 Å². The van der Waals surface area contributed by atoms with E-state index >= 15 is 0 Å². The molecule has 8 nitrogen and oxygen atoms in total. The number of anilines is 1. The first-order valence-corrected chi connectivity index (χ1v) is 7.33. The van der Waals surface area contributed by atoms with Gasteiger partial charge in [0.05, 0.1) is 31.5 Å². The predicted molar refractivity (Wildman–Crippen MR) is 78.9 cm³/mol. The number of hydrogen-bond donors (Lipinski definition) is 2. The monoisotopic (exact) mass is 374 g/mol. The Morgan fingerprint density at radius 1 is 1.38 bits per heavy atom. The molecule has 11 heteroatoms. The number of esters is 1. The summed E-state index contributed by atoms with van der Waals surface area (Å²) in [4.78, 5) is 25.4. The molecule has 1 aromatic rings. The number of fused-ring (bicyclic) bond motifs is 1. The number of aliphatic hydroxyl groups is 1. The Labute approximate surface area is 144 Å². The highest BCUT2D eigenvalue weighted by Gasteiger charge is 2.44. The number of rotatable bonds is 5. The molecule has 0 spiro atoms. The topological polar surface area (TPSA) is 97.3 Å². The summed E-state index contributed by atoms with van der Waals surface area (Å²) in [5, 5.41) is 11.4. The van der Waals surface area contributed by atoms with Crippen LogP contribution < -0.4 is 14.8 Å². The number of aliphatic hydroxyl groups excluding tert-OH is 1. The lowest BCUT2D eigenvalue weighted by atomic mass is 10.2. The zero-order valence-electron chi connectivity index (χ0n) is 13.3. The lowest BCUT2D eigenvalue weighted by Gasteiger charge is -2.15. The van der Waals surface area contributed by atoms with Gasteiger partial charge in [0.2, 0.25) is 0 Å². The van der Waals surface area contributed by atoms with E-state index < -0.39 is 35.5 Å². The fraction of sp³-hybridized carbons (Fsp3) is 0.333. The Kier molecular flexibility index (Phi) is 4.40. The Morgan fingerprint density at radius 3 is 2.65 bits per heavy atom. The van der Waals surface area contributed by atoms with Crippen molar-refractivity contribution in [3.8, 4) is 11.5 Å². The van der Waals surface area contributed by atoms with E-state index in [-0.39, 0.29) is 36.7 Å². The van der Waals surface area contributed by atoms with Crippen molar-refractivity contribution >= 4 is 17.6 Å². The summed E-state index contributed by atoms with van der Waals surface area (Å²) in [6.07, 6.45) is -3.93. The Hall–Kier alpha value is -2.95. The zero-order valence-corrected chi connectivity index (χ0v) is 13.3. The number of carbonyl (C=O) groups is 2. The highest BCUT2D eigenvalue weighted by Crippen LogP contribution is 2.43. The van der Waals surface area contributed by atoms with Crippen molar-refractivity contribution in [1.29, 1.82) is 0 Å². The van der Waals surface area contributed by atoms with Crippen molar-refractivity contribution in [2.24, 2.45) is 0 Å². The van der Waals surface area contributed by atoms with Crippen LogP contribution in [0.15, 0.2) is 23.4 Å². The quantitative estimate of drug-likeness (QED) is 0.737. The Bertz CT molecular complexity index is 811. The number of methoxy groups -OCH3 is 1. The zero-order chi connectivity index (χ0) is 19.1. The maximum Gasteiger partial charge on any atom is 0.586 e. The number of hydrogen-bond acceptors (Lipinski definition) is 7. The molecule has 0 aromatic heterocycles. The smallest absolute Gasteiger partial charge is 0.466 e. The van der Waals surface area contributed by atoms with E-state index in [0.717, 1.165) is 18.1 Å². The first-order chi connectivity index (χ1) is 12.3. The van der Waals surface area contributed by atoms with Crippen LogP contribution in [0.4, 0.5) is 18.9 Å². The largest absolute Gasteiger partial charge is 0.586 e. The molecule has 1 aromatic carbocycles. The SMILES string of the molecule is COC(=O)C1=C(Nc2cc3c(cc2F)OC(F)(F)O3)C(=O)N(CCO)C1. The van der Waals surface area contributed by atoms with Crippen LogP contribution in [0.3, 0.4) is 0 Å². The van der Waals surface area contributed by atoms with Crippen LogP contribution in [0.2, 0.25) is 0 Å². The van der Waals surface area contributed by atoms with Gasteiger partial charge < -0.3 is 29.5 Å². The van der Waals surface area contributed by atoms with E-state index in [2.05, 4.69) is 19.5 Å². The second-order valence-corrected chi connectivity index (χ2v) is 5.37. The van der Waals surface area contributed by atoms with Crippen LogP contribution in [0.1, 0.15) is 0 Å². The molecule has 2 aliphatic rings. The van der Waals surface area contributed by atoms with Crippen LogP contribution in [-0.2, 0) is 14.3 Å². The fourth-order valence-electron chi connectivity index (χ4n) is 2.55. The van der Waals surface area contributed by atoms with Gasteiger partial charge in [0, 0.05) is 18.7 Å². The maximum atomic E-state index is 14.2. The van der Waals surface area contributed by atoms with E-state index in [4.69, 9.17) is 5.11 Å². The van der Waals surface area contributed by atoms with Crippen LogP contribution in [-0.4, -0.2) is 55.0 Å². The molecule has 2 N–H and O–H groups in total. The molecular weight excluding hydrogens is 361 g/mol. The number of β-amino-alcohol motifs (C(OH)–C–C–N with tert-alkyl or cyclic N) is 1. The van der Waals surface area contributed by atoms with Crippen molar-refractivity contribution in [3.05, 3.63) is 29.2 Å². The Balaban J connectivity index is 1.94. The minimum atomic E-state index is -3.93. The minimum absolute atomic E-state index is 0.0552. The number of amides is 1. The van der Waals surface area contributed by atoms with Gasteiger partial charge in [0.25, 0.3) is 5.91 Å². The number of benzene rings is 1. The van der Waals surface area contributed by atoms with Crippen molar-refractivity contribution in [1.82, 2.24) is 4.90 Å². The van der Waals surface area contributed by atoms with Gasteiger partial charge >= 0.3 is 12.3 Å². The van der Waals surface area contributed by atoms with Crippen LogP contribution in [0, 0.1) is 5.82 Å². The van der Waals surface area contributed by atoms with Crippen LogP contribution in [0.25, 0.3) is 0 Å². The molecular formula is C15H13F3N2O6. The molecule has 1 amide bonds. The van der Waals surface area contributed by atoms with Gasteiger partial charge in [-0.25, -0.2) is 9.18 Å². The molecule has 3 rings (SSSR count). The number of nitrogens with zero attached hydrogens (tertiary/aromatic N) is 1. The van der Waals surface area contributed by atoms with Crippen LogP contribution in [0.5, 0.6) is 11.5 Å². The molecule has 0 bridgehead atoms. The van der Waals surface area contributed by atoms with E-state index in [1.165, 1.54) is 0 Å². The number of halogens is 3. The molecule has 0 fully saturated rings. The molecule has 140 valence electrons. The van der Waals surface area contributed by atoms with E-state index in [1.807, 2.05) is 0 Å². The third kappa shape index (κ3) is 3.12. The lowest BCUT2D eigenvalue weighted by molar-refractivity contribution is -0.286. The van der Waals surface area contributed by atoms with E-state index in [0.29, 0.717) is 6.07 Å². The molecule has 0 unspecified atom stereocenters. The van der Waals surface area contributed by atoms with Crippen molar-refractivity contribution in [3.63, 3.8) is 0 Å². The summed E-state index contributed by atoms with van der Waals surface area (Å²) in [5.41, 5.74) is -0.746. The Morgan fingerprint density at radius 2 is 2.04 bits per heavy atom. The predicted octanol–water partition coefficient (Wildman–Crippen LogP) is 0.821. The first kappa shape index (κ1) is 17.9. The third-order valence-electron chi connectivity index (χ3n) is 3.70. The molecule has 0 radical (unpaired) electrons. The highest BCUT2D eigenvalue weighted by atomic mass is 19.3. The van der Waals surface area contributed by atoms with Gasteiger partial charge in [-0.1, -0.05) is 0 Å². The highest BCUT2D eigenvalue weighted by molar-refractivity contribution is 6.08. The summed E-state index contributed by atoms with van der Waals surface area (Å²) in [6.45, 7) is -0.556.